The Labute approximate surface area is 134 Å². The lowest BCUT2D eigenvalue weighted by molar-refractivity contribution is 0.251. The molecule has 2 aromatic heterocycles. The number of rotatable bonds is 4. The average Bonchev–Trinajstić information content (AvgIpc) is 3.08. The van der Waals surface area contributed by atoms with Gasteiger partial charge in [0.25, 0.3) is 0 Å². The maximum absolute atomic E-state index is 11.9. The van der Waals surface area contributed by atoms with Crippen LogP contribution in [-0.2, 0) is 6.54 Å². The van der Waals surface area contributed by atoms with E-state index in [-0.39, 0.29) is 6.03 Å². The van der Waals surface area contributed by atoms with E-state index in [1.165, 1.54) is 0 Å². The largest absolute Gasteiger partial charge is 0.463 e. The number of aromatic nitrogens is 1. The molecule has 0 aliphatic rings. The van der Waals surface area contributed by atoms with Crippen LogP contribution < -0.4 is 10.6 Å². The Morgan fingerprint density at radius 2 is 2.09 bits per heavy atom. The van der Waals surface area contributed by atoms with Crippen molar-refractivity contribution in [3.63, 3.8) is 0 Å². The first-order valence-electron chi connectivity index (χ1n) is 7.31. The second-order valence-electron chi connectivity index (χ2n) is 5.21. The highest BCUT2D eigenvalue weighted by Crippen LogP contribution is 2.17. The van der Waals surface area contributed by atoms with E-state index in [4.69, 9.17) is 4.42 Å². The van der Waals surface area contributed by atoms with Crippen molar-refractivity contribution in [2.45, 2.75) is 13.5 Å². The molecule has 2 amide bonds. The molecule has 0 saturated heterocycles. The standard InChI is InChI=1S/C18H17N3O2/c1-13-4-2-5-15(10-13)21-18(22)20-12-14-7-8-16(19-11-14)17-6-3-9-23-17/h2-11H,12H2,1H3,(H2,20,21,22). The zero-order valence-corrected chi connectivity index (χ0v) is 12.7. The van der Waals surface area contributed by atoms with E-state index < -0.39 is 0 Å². The Bertz CT molecular complexity index is 780. The average molecular weight is 307 g/mol. The molecule has 0 unspecified atom stereocenters. The van der Waals surface area contributed by atoms with E-state index in [9.17, 15) is 4.79 Å². The summed E-state index contributed by atoms with van der Waals surface area (Å²) in [4.78, 5) is 16.2. The van der Waals surface area contributed by atoms with Crippen molar-refractivity contribution in [2.75, 3.05) is 5.32 Å². The van der Waals surface area contributed by atoms with Gasteiger partial charge in [0, 0.05) is 18.4 Å². The summed E-state index contributed by atoms with van der Waals surface area (Å²) >= 11 is 0. The summed E-state index contributed by atoms with van der Waals surface area (Å²) in [5, 5.41) is 5.61. The number of carbonyl (C=O) groups is 1. The highest BCUT2D eigenvalue weighted by atomic mass is 16.3. The van der Waals surface area contributed by atoms with E-state index in [2.05, 4.69) is 15.6 Å². The molecule has 2 heterocycles. The van der Waals surface area contributed by atoms with Crippen LogP contribution in [0.25, 0.3) is 11.5 Å². The molecule has 2 N–H and O–H groups in total. The molecule has 5 nitrogen and oxygen atoms in total. The Hall–Kier alpha value is -3.08. The number of pyridine rings is 1. The van der Waals surface area contributed by atoms with E-state index >= 15 is 0 Å². The number of aryl methyl sites for hydroxylation is 1. The Morgan fingerprint density at radius 3 is 2.78 bits per heavy atom. The van der Waals surface area contributed by atoms with Crippen molar-refractivity contribution >= 4 is 11.7 Å². The molecule has 0 saturated carbocycles. The minimum atomic E-state index is -0.245. The van der Waals surface area contributed by atoms with Crippen LogP contribution in [0, 0.1) is 6.92 Å². The number of hydrogen-bond donors (Lipinski definition) is 2. The minimum absolute atomic E-state index is 0.245. The topological polar surface area (TPSA) is 67.2 Å². The zero-order valence-electron chi connectivity index (χ0n) is 12.7. The molecular weight excluding hydrogens is 290 g/mol. The van der Waals surface area contributed by atoms with Crippen LogP contribution >= 0.6 is 0 Å². The summed E-state index contributed by atoms with van der Waals surface area (Å²) in [7, 11) is 0. The smallest absolute Gasteiger partial charge is 0.319 e. The lowest BCUT2D eigenvalue weighted by Gasteiger charge is -2.08. The molecule has 0 radical (unpaired) electrons. The molecule has 0 spiro atoms. The predicted octanol–water partition coefficient (Wildman–Crippen LogP) is 3.97. The third kappa shape index (κ3) is 3.97. The van der Waals surface area contributed by atoms with Crippen LogP contribution in [0.5, 0.6) is 0 Å². The number of urea groups is 1. The fourth-order valence-corrected chi connectivity index (χ4v) is 2.18. The monoisotopic (exact) mass is 307 g/mol. The minimum Gasteiger partial charge on any atom is -0.463 e. The lowest BCUT2D eigenvalue weighted by atomic mass is 10.2. The van der Waals surface area contributed by atoms with Gasteiger partial charge in [-0.2, -0.15) is 0 Å². The van der Waals surface area contributed by atoms with Gasteiger partial charge in [-0.25, -0.2) is 4.79 Å². The first kappa shape index (κ1) is 14.8. The normalized spacial score (nSPS) is 10.3. The Balaban J connectivity index is 1.54. The molecule has 0 atom stereocenters. The van der Waals surface area contributed by atoms with Gasteiger partial charge < -0.3 is 15.1 Å². The van der Waals surface area contributed by atoms with Crippen molar-refractivity contribution in [3.8, 4) is 11.5 Å². The van der Waals surface area contributed by atoms with E-state index in [0.29, 0.717) is 6.54 Å². The molecule has 5 heteroatoms. The van der Waals surface area contributed by atoms with Crippen LogP contribution in [0.1, 0.15) is 11.1 Å². The number of nitrogens with one attached hydrogen (secondary N) is 2. The second kappa shape index (κ2) is 6.79. The summed E-state index contributed by atoms with van der Waals surface area (Å²) in [5.41, 5.74) is 3.55. The number of furan rings is 1. The summed E-state index contributed by atoms with van der Waals surface area (Å²) in [6.07, 6.45) is 3.34. The van der Waals surface area contributed by atoms with Crippen LogP contribution in [0.4, 0.5) is 10.5 Å². The number of anilines is 1. The fraction of sp³-hybridized carbons (Fsp3) is 0.111. The molecular formula is C18H17N3O2. The van der Waals surface area contributed by atoms with E-state index in [0.717, 1.165) is 28.3 Å². The highest BCUT2D eigenvalue weighted by Gasteiger charge is 2.04. The summed E-state index contributed by atoms with van der Waals surface area (Å²) in [5.74, 6) is 0.724. The van der Waals surface area contributed by atoms with Gasteiger partial charge in [0.1, 0.15) is 5.69 Å². The molecule has 116 valence electrons. The molecule has 23 heavy (non-hydrogen) atoms. The van der Waals surface area contributed by atoms with Crippen LogP contribution in [0.15, 0.2) is 65.4 Å². The number of carbonyl (C=O) groups excluding carboxylic acids is 1. The van der Waals surface area contributed by atoms with Gasteiger partial charge in [0.05, 0.1) is 6.26 Å². The summed E-state index contributed by atoms with van der Waals surface area (Å²) in [6.45, 7) is 2.39. The fourth-order valence-electron chi connectivity index (χ4n) is 2.18. The first-order chi connectivity index (χ1) is 11.2. The van der Waals surface area contributed by atoms with Crippen molar-refractivity contribution in [2.24, 2.45) is 0 Å². The van der Waals surface area contributed by atoms with Gasteiger partial charge in [0.15, 0.2) is 5.76 Å². The number of amides is 2. The number of hydrogen-bond acceptors (Lipinski definition) is 3. The van der Waals surface area contributed by atoms with E-state index in [1.807, 2.05) is 55.5 Å². The maximum Gasteiger partial charge on any atom is 0.319 e. The quantitative estimate of drug-likeness (QED) is 0.766. The molecule has 0 aliphatic carbocycles. The third-order valence-electron chi connectivity index (χ3n) is 3.33. The Morgan fingerprint density at radius 1 is 1.17 bits per heavy atom. The lowest BCUT2D eigenvalue weighted by Crippen LogP contribution is -2.28. The van der Waals surface area contributed by atoms with Gasteiger partial charge in [-0.05, 0) is 48.4 Å². The Kier molecular flexibility index (Phi) is 4.38. The van der Waals surface area contributed by atoms with Crippen LogP contribution in [-0.4, -0.2) is 11.0 Å². The summed E-state index contributed by atoms with van der Waals surface area (Å²) in [6, 6.07) is 14.9. The van der Waals surface area contributed by atoms with Crippen molar-refractivity contribution < 1.29 is 9.21 Å². The number of benzene rings is 1. The molecule has 3 aromatic rings. The summed E-state index contributed by atoms with van der Waals surface area (Å²) < 4.78 is 5.29. The SMILES string of the molecule is Cc1cccc(NC(=O)NCc2ccc(-c3ccco3)nc2)c1. The molecule has 0 fully saturated rings. The van der Waals surface area contributed by atoms with Crippen LogP contribution in [0.2, 0.25) is 0 Å². The van der Waals surface area contributed by atoms with E-state index in [1.54, 1.807) is 12.5 Å². The number of nitrogens with zero attached hydrogens (tertiary/aromatic N) is 1. The molecule has 0 bridgehead atoms. The van der Waals surface area contributed by atoms with Gasteiger partial charge in [-0.15, -0.1) is 0 Å². The van der Waals surface area contributed by atoms with Gasteiger partial charge in [-0.1, -0.05) is 18.2 Å². The van der Waals surface area contributed by atoms with Gasteiger partial charge in [-0.3, -0.25) is 4.98 Å². The zero-order chi connectivity index (χ0) is 16.1. The molecule has 1 aromatic carbocycles. The van der Waals surface area contributed by atoms with Crippen molar-refractivity contribution in [1.29, 1.82) is 0 Å². The highest BCUT2D eigenvalue weighted by molar-refractivity contribution is 5.89. The first-order valence-corrected chi connectivity index (χ1v) is 7.31. The third-order valence-corrected chi connectivity index (χ3v) is 3.33. The van der Waals surface area contributed by atoms with Crippen LogP contribution in [0.3, 0.4) is 0 Å². The van der Waals surface area contributed by atoms with Gasteiger partial charge >= 0.3 is 6.03 Å². The van der Waals surface area contributed by atoms with Crippen molar-refractivity contribution in [1.82, 2.24) is 10.3 Å². The van der Waals surface area contributed by atoms with Crippen molar-refractivity contribution in [3.05, 3.63) is 72.1 Å². The molecule has 0 aliphatic heterocycles. The maximum atomic E-state index is 11.9. The predicted molar refractivity (Wildman–Crippen MR) is 89.0 cm³/mol. The molecule has 3 rings (SSSR count). The second-order valence-corrected chi connectivity index (χ2v) is 5.21. The van der Waals surface area contributed by atoms with Gasteiger partial charge in [0.2, 0.25) is 0 Å².